The van der Waals surface area contributed by atoms with Gasteiger partial charge in [0.2, 0.25) is 0 Å². The van der Waals surface area contributed by atoms with Crippen LogP contribution in [-0.2, 0) is 0 Å². The van der Waals surface area contributed by atoms with E-state index >= 15 is 0 Å². The van der Waals surface area contributed by atoms with Crippen LogP contribution in [0.25, 0.3) is 0 Å². The third-order valence-corrected chi connectivity index (χ3v) is 1.99. The Kier molecular flexibility index (Phi) is 6.80. The Hall–Kier alpha value is 0.0649. The van der Waals surface area contributed by atoms with E-state index in [2.05, 4.69) is 35.0 Å². The summed E-state index contributed by atoms with van der Waals surface area (Å²) in [6.07, 6.45) is 5.31. The minimum atomic E-state index is 0.837. The summed E-state index contributed by atoms with van der Waals surface area (Å²) < 4.78 is 0. The van der Waals surface area contributed by atoms with E-state index in [0.717, 1.165) is 11.8 Å². The highest BCUT2D eigenvalue weighted by atomic mass is 14.0. The van der Waals surface area contributed by atoms with E-state index in [1.165, 1.54) is 25.5 Å². The van der Waals surface area contributed by atoms with Crippen molar-refractivity contribution in [1.29, 1.82) is 0 Å². The minimum absolute atomic E-state index is 0.837. The quantitative estimate of drug-likeness (QED) is 0.511. The van der Waals surface area contributed by atoms with Crippen molar-refractivity contribution in [3.05, 3.63) is 0 Å². The molecular formula is C10H22B. The molecule has 0 spiro atoms. The van der Waals surface area contributed by atoms with Crippen LogP contribution in [0.1, 0.15) is 40.5 Å². The van der Waals surface area contributed by atoms with Crippen molar-refractivity contribution in [2.75, 3.05) is 0 Å². The molecule has 0 aromatic carbocycles. The van der Waals surface area contributed by atoms with Gasteiger partial charge in [-0.2, -0.15) is 0 Å². The van der Waals surface area contributed by atoms with Gasteiger partial charge >= 0.3 is 0 Å². The summed E-state index contributed by atoms with van der Waals surface area (Å²) in [4.78, 5) is 0. The second-order valence-corrected chi connectivity index (χ2v) is 4.05. The summed E-state index contributed by atoms with van der Waals surface area (Å²) in [7, 11) is 2.45. The Morgan fingerprint density at radius 3 is 2.18 bits per heavy atom. The molecule has 0 aliphatic heterocycles. The van der Waals surface area contributed by atoms with Crippen molar-refractivity contribution in [2.45, 2.75) is 53.2 Å². The van der Waals surface area contributed by atoms with E-state index in [4.69, 9.17) is 0 Å². The van der Waals surface area contributed by atoms with Crippen LogP contribution in [0.2, 0.25) is 12.6 Å². The van der Waals surface area contributed by atoms with Gasteiger partial charge in [0.25, 0.3) is 0 Å². The molecule has 1 atom stereocenters. The monoisotopic (exact) mass is 153 g/mol. The Bertz CT molecular complexity index is 78.9. The van der Waals surface area contributed by atoms with Gasteiger partial charge in [0, 0.05) is 0 Å². The topological polar surface area (TPSA) is 0 Å². The Balaban J connectivity index is 3.10. The summed E-state index contributed by atoms with van der Waals surface area (Å²) in [6.45, 7) is 9.17. The summed E-state index contributed by atoms with van der Waals surface area (Å²) in [6, 6.07) is 0. The van der Waals surface area contributed by atoms with Crippen molar-refractivity contribution < 1.29 is 0 Å². The maximum absolute atomic E-state index is 2.45. The average molecular weight is 153 g/mol. The first-order valence-corrected chi connectivity index (χ1v) is 4.98. The molecule has 0 N–H and O–H groups in total. The van der Waals surface area contributed by atoms with Gasteiger partial charge in [0.05, 0.1) is 0 Å². The molecule has 1 heteroatoms. The first-order chi connectivity index (χ1) is 5.16. The van der Waals surface area contributed by atoms with E-state index in [-0.39, 0.29) is 0 Å². The molecule has 65 valence electrons. The van der Waals surface area contributed by atoms with Crippen LogP contribution in [-0.4, -0.2) is 7.28 Å². The number of rotatable bonds is 6. The van der Waals surface area contributed by atoms with Crippen molar-refractivity contribution in [3.63, 3.8) is 0 Å². The van der Waals surface area contributed by atoms with Crippen LogP contribution >= 0.6 is 0 Å². The molecule has 0 aliphatic rings. The van der Waals surface area contributed by atoms with Crippen LogP contribution < -0.4 is 0 Å². The van der Waals surface area contributed by atoms with Crippen molar-refractivity contribution in [3.8, 4) is 0 Å². The third-order valence-electron chi connectivity index (χ3n) is 1.99. The second kappa shape index (κ2) is 6.76. The van der Waals surface area contributed by atoms with Crippen LogP contribution in [0.4, 0.5) is 0 Å². The third kappa shape index (κ3) is 7.97. The highest BCUT2D eigenvalue weighted by Gasteiger charge is 2.02. The molecule has 0 aliphatic carbocycles. The van der Waals surface area contributed by atoms with Gasteiger partial charge in [-0.05, 0) is 0 Å². The van der Waals surface area contributed by atoms with Crippen molar-refractivity contribution in [1.82, 2.24) is 0 Å². The van der Waals surface area contributed by atoms with Crippen molar-refractivity contribution in [2.24, 2.45) is 11.8 Å². The lowest BCUT2D eigenvalue weighted by molar-refractivity contribution is 0.570. The Morgan fingerprint density at radius 2 is 1.73 bits per heavy atom. The van der Waals surface area contributed by atoms with E-state index in [1.807, 2.05) is 0 Å². The first-order valence-electron chi connectivity index (χ1n) is 4.98. The van der Waals surface area contributed by atoms with Gasteiger partial charge in [0.1, 0.15) is 7.28 Å². The molecule has 1 radical (unpaired) electrons. The van der Waals surface area contributed by atoms with Gasteiger partial charge < -0.3 is 0 Å². The van der Waals surface area contributed by atoms with E-state index in [0.29, 0.717) is 0 Å². The van der Waals surface area contributed by atoms with Gasteiger partial charge in [-0.25, -0.2) is 0 Å². The molecule has 0 fully saturated rings. The molecule has 11 heavy (non-hydrogen) atoms. The fourth-order valence-corrected chi connectivity index (χ4v) is 1.32. The smallest absolute Gasteiger partial charge is 0.0780 e. The molecule has 0 bridgehead atoms. The van der Waals surface area contributed by atoms with Gasteiger partial charge in [-0.15, -0.1) is 0 Å². The lowest BCUT2D eigenvalue weighted by Gasteiger charge is -2.09. The van der Waals surface area contributed by atoms with Gasteiger partial charge in [-0.1, -0.05) is 65.0 Å². The molecule has 0 rings (SSSR count). The van der Waals surface area contributed by atoms with E-state index < -0.39 is 0 Å². The Labute approximate surface area is 73.0 Å². The van der Waals surface area contributed by atoms with Crippen LogP contribution in [0, 0.1) is 11.8 Å². The molecule has 0 aromatic rings. The molecule has 0 saturated heterocycles. The van der Waals surface area contributed by atoms with E-state index in [1.54, 1.807) is 0 Å². The second-order valence-electron chi connectivity index (χ2n) is 4.05. The Morgan fingerprint density at radius 1 is 1.09 bits per heavy atom. The highest BCUT2D eigenvalue weighted by molar-refractivity contribution is 6.35. The molecule has 1 unspecified atom stereocenters. The molecule has 0 aromatic heterocycles. The average Bonchev–Trinajstić information content (AvgIpc) is 1.87. The first kappa shape index (κ1) is 11.1. The summed E-state index contributed by atoms with van der Waals surface area (Å²) >= 11 is 0. The molecule has 0 saturated carbocycles. The maximum atomic E-state index is 2.45. The zero-order chi connectivity index (χ0) is 8.69. The lowest BCUT2D eigenvalue weighted by atomic mass is 9.64. The van der Waals surface area contributed by atoms with Crippen LogP contribution in [0.5, 0.6) is 0 Å². The molecule has 0 amide bonds. The fraction of sp³-hybridized carbons (Fsp3) is 1.00. The maximum Gasteiger partial charge on any atom is 0.110 e. The fourth-order valence-electron chi connectivity index (χ4n) is 1.32. The highest BCUT2D eigenvalue weighted by Crippen LogP contribution is 2.12. The zero-order valence-corrected chi connectivity index (χ0v) is 8.56. The normalized spacial score (nSPS) is 13.5. The van der Waals surface area contributed by atoms with Crippen molar-refractivity contribution >= 4 is 7.28 Å². The number of hydrogen-bond acceptors (Lipinski definition) is 0. The predicted molar refractivity (Wildman–Crippen MR) is 54.3 cm³/mol. The van der Waals surface area contributed by atoms with Crippen LogP contribution in [0.3, 0.4) is 0 Å². The zero-order valence-electron chi connectivity index (χ0n) is 8.56. The summed E-state index contributed by atoms with van der Waals surface area (Å²) in [5, 5.41) is 0. The molecule has 0 nitrogen and oxygen atoms in total. The largest absolute Gasteiger partial charge is 0.110 e. The van der Waals surface area contributed by atoms with E-state index in [9.17, 15) is 0 Å². The minimum Gasteiger partial charge on any atom is -0.0780 e. The molecular weight excluding hydrogens is 131 g/mol. The van der Waals surface area contributed by atoms with Gasteiger partial charge in [0.15, 0.2) is 0 Å². The molecule has 0 heterocycles. The lowest BCUT2D eigenvalue weighted by Crippen LogP contribution is -2.02. The standard InChI is InChI=1S/C10H22B/c1-5-6-10(4)8-11-7-9(2)3/h9-10H,5-8H2,1-4H3. The van der Waals surface area contributed by atoms with Gasteiger partial charge in [-0.3, -0.25) is 0 Å². The summed E-state index contributed by atoms with van der Waals surface area (Å²) in [5.74, 6) is 1.74. The number of hydrogen-bond donors (Lipinski definition) is 0. The summed E-state index contributed by atoms with van der Waals surface area (Å²) in [5.41, 5.74) is 0. The SMILES string of the molecule is CCCC(C)C[B]CC(C)C. The van der Waals surface area contributed by atoms with Crippen LogP contribution in [0.15, 0.2) is 0 Å². The predicted octanol–water partition coefficient (Wildman–Crippen LogP) is 3.62.